The molecule has 1 heterocycles. The summed E-state index contributed by atoms with van der Waals surface area (Å²) in [5, 5.41) is 18.9. The summed E-state index contributed by atoms with van der Waals surface area (Å²) in [6, 6.07) is 0. The van der Waals surface area contributed by atoms with E-state index in [0.29, 0.717) is 10.0 Å². The second-order valence-corrected chi connectivity index (χ2v) is 5.01. The van der Waals surface area contributed by atoms with Crippen LogP contribution in [0.5, 0.6) is 0 Å². The Morgan fingerprint density at radius 2 is 1.44 bits per heavy atom. The average molecular weight is 260 g/mol. The van der Waals surface area contributed by atoms with Crippen molar-refractivity contribution in [3.63, 3.8) is 0 Å². The Bertz CT molecular complexity index is 353. The molecule has 0 aromatic heterocycles. The Balaban J connectivity index is 2.70. The number of rotatable bonds is 1. The maximum absolute atomic E-state index is 11.6. The number of carboxylic acid groups (broad SMARTS) is 2. The zero-order valence-corrected chi connectivity index (χ0v) is 10.4. The minimum atomic E-state index is -1.40. The van der Waals surface area contributed by atoms with E-state index in [9.17, 15) is 14.4 Å². The van der Waals surface area contributed by atoms with Crippen LogP contribution in [0.1, 0.15) is 20.8 Å². The molecular weight excluding hydrogens is 244 g/mol. The zero-order chi connectivity index (χ0) is 14.1. The van der Waals surface area contributed by atoms with E-state index in [1.165, 1.54) is 0 Å². The van der Waals surface area contributed by atoms with Crippen LogP contribution in [-0.4, -0.2) is 57.6 Å². The minimum Gasteiger partial charge on any atom is -0.464 e. The van der Waals surface area contributed by atoms with Gasteiger partial charge in [0.05, 0.1) is 18.5 Å². The molecule has 0 bridgehead atoms. The first-order valence-electron chi connectivity index (χ1n) is 5.35. The second kappa shape index (κ2) is 4.71. The van der Waals surface area contributed by atoms with E-state index in [4.69, 9.17) is 14.9 Å². The molecular formula is C10H16N2O6. The highest BCUT2D eigenvalue weighted by molar-refractivity contribution is 5.76. The van der Waals surface area contributed by atoms with Gasteiger partial charge in [0.2, 0.25) is 0 Å². The molecule has 8 nitrogen and oxygen atoms in total. The van der Waals surface area contributed by atoms with Crippen LogP contribution in [0, 0.1) is 5.41 Å². The lowest BCUT2D eigenvalue weighted by Crippen LogP contribution is -2.43. The molecule has 102 valence electrons. The van der Waals surface area contributed by atoms with E-state index in [-0.39, 0.29) is 13.1 Å². The SMILES string of the molecule is CC(C)(C)C(=O)OC1CN(C(=O)O)N(C(=O)O)C1. The van der Waals surface area contributed by atoms with Gasteiger partial charge in [0.1, 0.15) is 6.10 Å². The van der Waals surface area contributed by atoms with Crippen LogP contribution >= 0.6 is 0 Å². The molecule has 1 aliphatic rings. The summed E-state index contributed by atoms with van der Waals surface area (Å²) in [4.78, 5) is 33.3. The van der Waals surface area contributed by atoms with Crippen molar-refractivity contribution in [2.75, 3.05) is 13.1 Å². The largest absolute Gasteiger partial charge is 0.464 e. The molecule has 8 heteroatoms. The second-order valence-electron chi connectivity index (χ2n) is 5.01. The standard InChI is InChI=1S/C10H16N2O6/c1-10(2,3)7(13)18-6-4-11(8(14)15)12(5-6)9(16)17/h6H,4-5H2,1-3H3,(H,14,15)(H,16,17). The number of carbonyl (C=O) groups excluding carboxylic acids is 1. The van der Waals surface area contributed by atoms with Crippen molar-refractivity contribution >= 4 is 18.2 Å². The summed E-state index contributed by atoms with van der Waals surface area (Å²) in [5.41, 5.74) is -0.718. The van der Waals surface area contributed by atoms with E-state index in [0.717, 1.165) is 0 Å². The Morgan fingerprint density at radius 1 is 1.06 bits per heavy atom. The molecule has 1 fully saturated rings. The number of hydrazine groups is 1. The summed E-state index contributed by atoms with van der Waals surface area (Å²) >= 11 is 0. The molecule has 18 heavy (non-hydrogen) atoms. The van der Waals surface area contributed by atoms with Crippen molar-refractivity contribution in [2.45, 2.75) is 26.9 Å². The molecule has 2 amide bonds. The van der Waals surface area contributed by atoms with Crippen LogP contribution in [0.25, 0.3) is 0 Å². The van der Waals surface area contributed by atoms with Gasteiger partial charge in [-0.05, 0) is 20.8 Å². The van der Waals surface area contributed by atoms with E-state index in [2.05, 4.69) is 0 Å². The number of hydrogen-bond donors (Lipinski definition) is 2. The van der Waals surface area contributed by atoms with Crippen molar-refractivity contribution in [2.24, 2.45) is 5.41 Å². The fraction of sp³-hybridized carbons (Fsp3) is 0.700. The van der Waals surface area contributed by atoms with Crippen LogP contribution in [0.3, 0.4) is 0 Å². The molecule has 1 saturated heterocycles. The molecule has 0 aromatic rings. The zero-order valence-electron chi connectivity index (χ0n) is 10.4. The van der Waals surface area contributed by atoms with Gasteiger partial charge in [0.15, 0.2) is 0 Å². The maximum atomic E-state index is 11.6. The highest BCUT2D eigenvalue weighted by Crippen LogP contribution is 2.20. The van der Waals surface area contributed by atoms with Crippen LogP contribution in [-0.2, 0) is 9.53 Å². The molecule has 0 radical (unpaired) electrons. The van der Waals surface area contributed by atoms with Gasteiger partial charge in [-0.2, -0.15) is 0 Å². The van der Waals surface area contributed by atoms with Crippen molar-refractivity contribution < 1.29 is 29.3 Å². The summed E-state index contributed by atoms with van der Waals surface area (Å²) in [6.45, 7) is 4.63. The molecule has 0 saturated carbocycles. The molecule has 1 rings (SSSR count). The van der Waals surface area contributed by atoms with Crippen LogP contribution in [0.2, 0.25) is 0 Å². The van der Waals surface area contributed by atoms with Crippen LogP contribution in [0.4, 0.5) is 9.59 Å². The molecule has 2 N–H and O–H groups in total. The molecule has 1 aliphatic heterocycles. The first kappa shape index (κ1) is 14.1. The fourth-order valence-electron chi connectivity index (χ4n) is 1.41. The summed E-state index contributed by atoms with van der Waals surface area (Å²) < 4.78 is 5.09. The monoisotopic (exact) mass is 260 g/mol. The number of ether oxygens (including phenoxy) is 1. The highest BCUT2D eigenvalue weighted by Gasteiger charge is 2.40. The normalized spacial score (nSPS) is 16.8. The lowest BCUT2D eigenvalue weighted by atomic mass is 9.97. The molecule has 0 aromatic carbocycles. The summed E-state index contributed by atoms with van der Waals surface area (Å²) in [5.74, 6) is -0.495. The third-order valence-electron chi connectivity index (χ3n) is 2.37. The predicted molar refractivity (Wildman–Crippen MR) is 58.8 cm³/mol. The average Bonchev–Trinajstić information content (AvgIpc) is 2.60. The van der Waals surface area contributed by atoms with Gasteiger partial charge in [-0.25, -0.2) is 19.6 Å². The Morgan fingerprint density at radius 3 is 1.72 bits per heavy atom. The highest BCUT2D eigenvalue weighted by atomic mass is 16.6. The number of esters is 1. The third-order valence-corrected chi connectivity index (χ3v) is 2.37. The van der Waals surface area contributed by atoms with E-state index >= 15 is 0 Å². The van der Waals surface area contributed by atoms with Crippen molar-refractivity contribution in [3.05, 3.63) is 0 Å². The quantitative estimate of drug-likeness (QED) is 0.676. The summed E-state index contributed by atoms with van der Waals surface area (Å²) in [7, 11) is 0. The Kier molecular flexibility index (Phi) is 3.68. The van der Waals surface area contributed by atoms with Gasteiger partial charge in [0.25, 0.3) is 0 Å². The van der Waals surface area contributed by atoms with E-state index < -0.39 is 29.7 Å². The lowest BCUT2D eigenvalue weighted by molar-refractivity contribution is -0.157. The van der Waals surface area contributed by atoms with Gasteiger partial charge in [-0.3, -0.25) is 4.79 Å². The van der Waals surface area contributed by atoms with E-state index in [1.54, 1.807) is 20.8 Å². The Hall–Kier alpha value is -1.99. The lowest BCUT2D eigenvalue weighted by Gasteiger charge is -2.20. The minimum absolute atomic E-state index is 0.177. The van der Waals surface area contributed by atoms with Gasteiger partial charge in [-0.1, -0.05) is 0 Å². The molecule has 0 atom stereocenters. The fourth-order valence-corrected chi connectivity index (χ4v) is 1.41. The first-order chi connectivity index (χ1) is 8.12. The van der Waals surface area contributed by atoms with Gasteiger partial charge < -0.3 is 14.9 Å². The van der Waals surface area contributed by atoms with Crippen molar-refractivity contribution in [1.82, 2.24) is 10.0 Å². The van der Waals surface area contributed by atoms with Gasteiger partial charge in [-0.15, -0.1) is 0 Å². The predicted octanol–water partition coefficient (Wildman–Crippen LogP) is 0.833. The van der Waals surface area contributed by atoms with Crippen molar-refractivity contribution in [3.8, 4) is 0 Å². The van der Waals surface area contributed by atoms with Crippen LogP contribution in [0.15, 0.2) is 0 Å². The number of nitrogens with zero attached hydrogens (tertiary/aromatic N) is 2. The molecule has 0 aliphatic carbocycles. The number of carbonyl (C=O) groups is 3. The topological polar surface area (TPSA) is 107 Å². The number of hydrogen-bond acceptors (Lipinski definition) is 4. The van der Waals surface area contributed by atoms with Gasteiger partial charge >= 0.3 is 18.2 Å². The molecule has 0 unspecified atom stereocenters. The maximum Gasteiger partial charge on any atom is 0.426 e. The summed E-state index contributed by atoms with van der Waals surface area (Å²) in [6.07, 6.45) is -3.57. The third kappa shape index (κ3) is 3.02. The van der Waals surface area contributed by atoms with E-state index in [1.807, 2.05) is 0 Å². The van der Waals surface area contributed by atoms with Crippen LogP contribution < -0.4 is 0 Å². The Labute approximate surface area is 104 Å². The smallest absolute Gasteiger partial charge is 0.426 e. The number of amides is 2. The molecule has 0 spiro atoms. The first-order valence-corrected chi connectivity index (χ1v) is 5.35. The van der Waals surface area contributed by atoms with Crippen molar-refractivity contribution in [1.29, 1.82) is 0 Å². The van der Waals surface area contributed by atoms with Gasteiger partial charge in [0, 0.05) is 0 Å².